The predicted octanol–water partition coefficient (Wildman–Crippen LogP) is 1.04. The molecule has 0 bridgehead atoms. The zero-order valence-corrected chi connectivity index (χ0v) is 7.26. The van der Waals surface area contributed by atoms with Crippen molar-refractivity contribution in [1.29, 1.82) is 0 Å². The number of hydrogen-bond acceptors (Lipinski definition) is 2. The third-order valence-electron chi connectivity index (χ3n) is 3.14. The summed E-state index contributed by atoms with van der Waals surface area (Å²) in [5, 5.41) is 0. The molecule has 0 aromatic rings. The first-order chi connectivity index (χ1) is 5.26. The molecule has 62 valence electrons. The van der Waals surface area contributed by atoms with E-state index in [1.165, 1.54) is 12.0 Å². The maximum Gasteiger partial charge on any atom is 0.0689 e. The minimum Gasteiger partial charge on any atom is -0.379 e. The van der Waals surface area contributed by atoms with Crippen LogP contribution in [0.25, 0.3) is 0 Å². The van der Waals surface area contributed by atoms with Gasteiger partial charge in [-0.05, 0) is 20.4 Å². The summed E-state index contributed by atoms with van der Waals surface area (Å²) in [5.41, 5.74) is 1.78. The average Bonchev–Trinajstić information content (AvgIpc) is 2.56. The van der Waals surface area contributed by atoms with E-state index in [1.807, 2.05) is 0 Å². The van der Waals surface area contributed by atoms with Crippen LogP contribution in [0.3, 0.4) is 0 Å². The zero-order chi connectivity index (χ0) is 7.90. The van der Waals surface area contributed by atoms with Crippen molar-refractivity contribution in [2.24, 2.45) is 0 Å². The summed E-state index contributed by atoms with van der Waals surface area (Å²) < 4.78 is 5.44. The molecule has 1 saturated heterocycles. The third kappa shape index (κ3) is 0.861. The Bertz CT molecular complexity index is 192. The lowest BCUT2D eigenvalue weighted by Gasteiger charge is -2.32. The fraction of sp³-hybridized carbons (Fsp3) is 0.778. The molecular formula is C9H15NO. The van der Waals surface area contributed by atoms with Gasteiger partial charge in [-0.3, -0.25) is 4.90 Å². The minimum absolute atomic E-state index is 0.278. The molecule has 0 aromatic heterocycles. The lowest BCUT2D eigenvalue weighted by Crippen LogP contribution is -2.44. The third-order valence-corrected chi connectivity index (χ3v) is 3.14. The van der Waals surface area contributed by atoms with Gasteiger partial charge in [-0.15, -0.1) is 0 Å². The van der Waals surface area contributed by atoms with Crippen molar-refractivity contribution in [2.45, 2.75) is 18.9 Å². The Labute approximate surface area is 67.8 Å². The first-order valence-electron chi connectivity index (χ1n) is 4.22. The quantitative estimate of drug-likeness (QED) is 0.482. The molecule has 2 heteroatoms. The number of hydrogen-bond donors (Lipinski definition) is 0. The Kier molecular flexibility index (Phi) is 1.55. The van der Waals surface area contributed by atoms with Crippen LogP contribution in [-0.2, 0) is 4.74 Å². The van der Waals surface area contributed by atoms with E-state index in [0.29, 0.717) is 0 Å². The predicted molar refractivity (Wildman–Crippen MR) is 44.6 cm³/mol. The van der Waals surface area contributed by atoms with E-state index in [-0.39, 0.29) is 5.54 Å². The van der Waals surface area contributed by atoms with E-state index in [4.69, 9.17) is 4.74 Å². The summed E-state index contributed by atoms with van der Waals surface area (Å²) in [6.07, 6.45) is 3.49. The highest BCUT2D eigenvalue weighted by atomic mass is 16.5. The van der Waals surface area contributed by atoms with Crippen molar-refractivity contribution >= 4 is 0 Å². The zero-order valence-electron chi connectivity index (χ0n) is 7.26. The van der Waals surface area contributed by atoms with Crippen LogP contribution in [0.15, 0.2) is 11.6 Å². The van der Waals surface area contributed by atoms with Crippen molar-refractivity contribution in [3.8, 4) is 0 Å². The van der Waals surface area contributed by atoms with Crippen LogP contribution >= 0.6 is 0 Å². The van der Waals surface area contributed by atoms with Crippen LogP contribution < -0.4 is 0 Å². The Morgan fingerprint density at radius 2 is 2.45 bits per heavy atom. The van der Waals surface area contributed by atoms with Crippen molar-refractivity contribution in [3.05, 3.63) is 11.6 Å². The molecule has 2 heterocycles. The van der Waals surface area contributed by atoms with E-state index >= 15 is 0 Å². The topological polar surface area (TPSA) is 12.5 Å². The molecule has 11 heavy (non-hydrogen) atoms. The maximum atomic E-state index is 5.44. The minimum atomic E-state index is 0.278. The fourth-order valence-corrected chi connectivity index (χ4v) is 2.11. The Hall–Kier alpha value is -0.340. The Morgan fingerprint density at radius 3 is 2.91 bits per heavy atom. The number of rotatable bonds is 0. The lowest BCUT2D eigenvalue weighted by molar-refractivity contribution is 0.133. The molecule has 1 spiro atoms. The molecule has 0 amide bonds. The van der Waals surface area contributed by atoms with Gasteiger partial charge in [0.05, 0.1) is 12.1 Å². The first kappa shape index (κ1) is 7.32. The van der Waals surface area contributed by atoms with Gasteiger partial charge in [-0.1, -0.05) is 11.6 Å². The monoisotopic (exact) mass is 153 g/mol. The van der Waals surface area contributed by atoms with Crippen LogP contribution in [-0.4, -0.2) is 37.2 Å². The summed E-state index contributed by atoms with van der Waals surface area (Å²) in [5.74, 6) is 0. The van der Waals surface area contributed by atoms with Gasteiger partial charge < -0.3 is 4.74 Å². The van der Waals surface area contributed by atoms with Gasteiger partial charge >= 0.3 is 0 Å². The lowest BCUT2D eigenvalue weighted by atomic mass is 9.91. The normalized spacial score (nSPS) is 38.5. The van der Waals surface area contributed by atoms with Crippen molar-refractivity contribution < 1.29 is 4.74 Å². The van der Waals surface area contributed by atoms with Gasteiger partial charge in [0.2, 0.25) is 0 Å². The van der Waals surface area contributed by atoms with Crippen LogP contribution in [0.5, 0.6) is 0 Å². The number of likely N-dealkylation sites (N-methyl/N-ethyl adjacent to an activating group) is 1. The highest BCUT2D eigenvalue weighted by Gasteiger charge is 2.42. The highest BCUT2D eigenvalue weighted by Crippen LogP contribution is 2.35. The van der Waals surface area contributed by atoms with Crippen molar-refractivity contribution in [2.75, 3.05) is 26.8 Å². The number of ether oxygens (including phenoxy) is 1. The molecule has 0 aliphatic carbocycles. The Morgan fingerprint density at radius 1 is 1.64 bits per heavy atom. The average molecular weight is 153 g/mol. The summed E-state index contributed by atoms with van der Waals surface area (Å²) in [6, 6.07) is 0. The SMILES string of the molecule is CC1=CCN(C)[C@]12CCOC2. The van der Waals surface area contributed by atoms with E-state index < -0.39 is 0 Å². The molecule has 2 aliphatic rings. The molecule has 0 unspecified atom stereocenters. The van der Waals surface area contributed by atoms with Gasteiger partial charge in [0.1, 0.15) is 0 Å². The second-order valence-electron chi connectivity index (χ2n) is 3.60. The standard InChI is InChI=1S/C9H15NO/c1-8-3-5-10(2)9(8)4-6-11-7-9/h3H,4-7H2,1-2H3/t9-/m0/s1. The smallest absolute Gasteiger partial charge is 0.0689 e. The summed E-state index contributed by atoms with van der Waals surface area (Å²) in [7, 11) is 2.18. The Balaban J connectivity index is 2.27. The molecule has 2 rings (SSSR count). The van der Waals surface area contributed by atoms with Crippen LogP contribution in [0, 0.1) is 0 Å². The molecule has 0 N–H and O–H groups in total. The molecule has 0 radical (unpaired) electrons. The highest BCUT2D eigenvalue weighted by molar-refractivity contribution is 5.26. The first-order valence-corrected chi connectivity index (χ1v) is 4.22. The molecule has 0 aromatic carbocycles. The molecule has 2 aliphatic heterocycles. The molecule has 2 nitrogen and oxygen atoms in total. The van der Waals surface area contributed by atoms with E-state index in [0.717, 1.165) is 19.8 Å². The largest absolute Gasteiger partial charge is 0.379 e. The second-order valence-corrected chi connectivity index (χ2v) is 3.60. The van der Waals surface area contributed by atoms with Gasteiger partial charge in [0.15, 0.2) is 0 Å². The summed E-state index contributed by atoms with van der Waals surface area (Å²) in [6.45, 7) is 5.13. The van der Waals surface area contributed by atoms with Crippen LogP contribution in [0.4, 0.5) is 0 Å². The van der Waals surface area contributed by atoms with E-state index in [2.05, 4.69) is 24.9 Å². The fourth-order valence-electron chi connectivity index (χ4n) is 2.11. The van der Waals surface area contributed by atoms with Crippen LogP contribution in [0.1, 0.15) is 13.3 Å². The molecule has 1 atom stereocenters. The van der Waals surface area contributed by atoms with Gasteiger partial charge in [0, 0.05) is 13.2 Å². The van der Waals surface area contributed by atoms with Gasteiger partial charge in [0.25, 0.3) is 0 Å². The van der Waals surface area contributed by atoms with E-state index in [1.54, 1.807) is 0 Å². The van der Waals surface area contributed by atoms with Gasteiger partial charge in [-0.2, -0.15) is 0 Å². The van der Waals surface area contributed by atoms with Crippen molar-refractivity contribution in [1.82, 2.24) is 4.90 Å². The summed E-state index contributed by atoms with van der Waals surface area (Å²) >= 11 is 0. The van der Waals surface area contributed by atoms with E-state index in [9.17, 15) is 0 Å². The summed E-state index contributed by atoms with van der Waals surface area (Å²) in [4.78, 5) is 2.40. The second kappa shape index (κ2) is 2.32. The number of nitrogens with zero attached hydrogens (tertiary/aromatic N) is 1. The molecule has 0 saturated carbocycles. The van der Waals surface area contributed by atoms with Gasteiger partial charge in [-0.25, -0.2) is 0 Å². The maximum absolute atomic E-state index is 5.44. The van der Waals surface area contributed by atoms with Crippen LogP contribution in [0.2, 0.25) is 0 Å². The molecule has 1 fully saturated rings. The molecular weight excluding hydrogens is 138 g/mol. The van der Waals surface area contributed by atoms with Crippen molar-refractivity contribution in [3.63, 3.8) is 0 Å².